The van der Waals surface area contributed by atoms with E-state index in [1.165, 1.54) is 0 Å². The van der Waals surface area contributed by atoms with Gasteiger partial charge in [0.1, 0.15) is 0 Å². The number of H-pyrrole nitrogens is 1. The Morgan fingerprint density at radius 2 is 2.06 bits per heavy atom. The van der Waals surface area contributed by atoms with Crippen molar-refractivity contribution in [2.45, 2.75) is 39.3 Å². The Bertz CT molecular complexity index is 578. The van der Waals surface area contributed by atoms with Gasteiger partial charge in [0, 0.05) is 12.1 Å². The molecule has 1 unspecified atom stereocenters. The first kappa shape index (κ1) is 11.9. The summed E-state index contributed by atoms with van der Waals surface area (Å²) in [6.07, 6.45) is 0.824. The Morgan fingerprint density at radius 1 is 1.35 bits per heavy atom. The molecule has 0 aliphatic heterocycles. The summed E-state index contributed by atoms with van der Waals surface area (Å²) in [6, 6.07) is 6.34. The largest absolute Gasteiger partial charge is 0.328 e. The van der Waals surface area contributed by atoms with Crippen molar-refractivity contribution in [3.63, 3.8) is 0 Å². The van der Waals surface area contributed by atoms with Gasteiger partial charge in [-0.25, -0.2) is 4.79 Å². The highest BCUT2D eigenvalue weighted by atomic mass is 16.1. The number of benzene rings is 1. The lowest BCUT2D eigenvalue weighted by molar-refractivity contribution is 0.598. The summed E-state index contributed by atoms with van der Waals surface area (Å²) >= 11 is 0. The van der Waals surface area contributed by atoms with E-state index in [1.54, 1.807) is 4.57 Å². The number of nitrogens with two attached hydrogens (primary N) is 1. The molecule has 2 aromatic rings. The van der Waals surface area contributed by atoms with Gasteiger partial charge in [-0.1, -0.05) is 6.07 Å². The third-order valence-electron chi connectivity index (χ3n) is 2.85. The van der Waals surface area contributed by atoms with E-state index >= 15 is 0 Å². The fourth-order valence-corrected chi connectivity index (χ4v) is 2.19. The molecule has 0 saturated heterocycles. The normalized spacial score (nSPS) is 13.5. The molecule has 1 heterocycles. The zero-order chi connectivity index (χ0) is 12.6. The molecular formula is C13H19N3O. The van der Waals surface area contributed by atoms with E-state index in [2.05, 4.69) is 4.98 Å². The van der Waals surface area contributed by atoms with Crippen molar-refractivity contribution in [3.8, 4) is 0 Å². The predicted molar refractivity (Wildman–Crippen MR) is 70.3 cm³/mol. The summed E-state index contributed by atoms with van der Waals surface area (Å²) in [5, 5.41) is 0. The number of rotatable bonds is 3. The van der Waals surface area contributed by atoms with Crippen LogP contribution in [0.2, 0.25) is 0 Å². The molecule has 4 heteroatoms. The molecule has 0 saturated carbocycles. The molecule has 1 aromatic heterocycles. The highest BCUT2D eigenvalue weighted by Gasteiger charge is 2.10. The standard InChI is InChI=1S/C13H19N3O/c1-8(2)16-12-5-4-10(6-9(3)14)7-11(12)15-13(16)17/h4-5,7-9H,6,14H2,1-3H3,(H,15,17). The maximum Gasteiger partial charge on any atom is 0.326 e. The Hall–Kier alpha value is -1.55. The Morgan fingerprint density at radius 3 is 2.65 bits per heavy atom. The number of hydrogen-bond donors (Lipinski definition) is 2. The summed E-state index contributed by atoms with van der Waals surface area (Å²) in [6.45, 7) is 5.99. The van der Waals surface area contributed by atoms with Gasteiger partial charge in [-0.2, -0.15) is 0 Å². The molecule has 0 aliphatic rings. The van der Waals surface area contributed by atoms with Crippen molar-refractivity contribution in [2.24, 2.45) is 5.73 Å². The van der Waals surface area contributed by atoms with Crippen LogP contribution in [-0.2, 0) is 6.42 Å². The summed E-state index contributed by atoms with van der Waals surface area (Å²) < 4.78 is 1.77. The van der Waals surface area contributed by atoms with Crippen molar-refractivity contribution in [1.82, 2.24) is 9.55 Å². The van der Waals surface area contributed by atoms with Crippen LogP contribution in [0.15, 0.2) is 23.0 Å². The van der Waals surface area contributed by atoms with Crippen molar-refractivity contribution in [2.75, 3.05) is 0 Å². The minimum atomic E-state index is -0.0482. The monoisotopic (exact) mass is 233 g/mol. The molecule has 17 heavy (non-hydrogen) atoms. The summed E-state index contributed by atoms with van der Waals surface area (Å²) in [5.74, 6) is 0. The SMILES string of the molecule is CC(N)Cc1ccc2c(c1)[nH]c(=O)n2C(C)C. The molecule has 1 aromatic carbocycles. The number of nitrogens with zero attached hydrogens (tertiary/aromatic N) is 1. The van der Waals surface area contributed by atoms with E-state index in [4.69, 9.17) is 5.73 Å². The van der Waals surface area contributed by atoms with Crippen molar-refractivity contribution in [1.29, 1.82) is 0 Å². The molecule has 0 spiro atoms. The lowest BCUT2D eigenvalue weighted by atomic mass is 10.1. The maximum atomic E-state index is 11.8. The minimum absolute atomic E-state index is 0.0482. The summed E-state index contributed by atoms with van der Waals surface area (Å²) in [5.41, 5.74) is 8.73. The minimum Gasteiger partial charge on any atom is -0.328 e. The number of fused-ring (bicyclic) bond motifs is 1. The molecule has 0 bridgehead atoms. The van der Waals surface area contributed by atoms with Gasteiger partial charge >= 0.3 is 5.69 Å². The number of imidazole rings is 1. The van der Waals surface area contributed by atoms with E-state index in [-0.39, 0.29) is 17.8 Å². The highest BCUT2D eigenvalue weighted by Crippen LogP contribution is 2.16. The Balaban J connectivity index is 2.54. The van der Waals surface area contributed by atoms with E-state index < -0.39 is 0 Å². The molecule has 2 rings (SSSR count). The molecule has 0 fully saturated rings. The Labute approximate surface area is 100 Å². The molecule has 3 N–H and O–H groups in total. The van der Waals surface area contributed by atoms with E-state index in [0.717, 1.165) is 23.0 Å². The van der Waals surface area contributed by atoms with Gasteiger partial charge in [0.15, 0.2) is 0 Å². The van der Waals surface area contributed by atoms with E-state index in [1.807, 2.05) is 39.0 Å². The fourth-order valence-electron chi connectivity index (χ4n) is 2.19. The molecule has 0 aliphatic carbocycles. The number of aromatic nitrogens is 2. The summed E-state index contributed by atoms with van der Waals surface area (Å²) in [7, 11) is 0. The molecule has 92 valence electrons. The average Bonchev–Trinajstić information content (AvgIpc) is 2.51. The predicted octanol–water partition coefficient (Wildman–Crippen LogP) is 1.80. The molecular weight excluding hydrogens is 214 g/mol. The van der Waals surface area contributed by atoms with Crippen LogP contribution in [0.1, 0.15) is 32.4 Å². The zero-order valence-electron chi connectivity index (χ0n) is 10.5. The lowest BCUT2D eigenvalue weighted by Gasteiger charge is -2.08. The summed E-state index contributed by atoms with van der Waals surface area (Å²) in [4.78, 5) is 14.7. The van der Waals surface area contributed by atoms with Gasteiger partial charge in [0.2, 0.25) is 0 Å². The third kappa shape index (κ3) is 2.26. The van der Waals surface area contributed by atoms with Gasteiger partial charge in [-0.15, -0.1) is 0 Å². The van der Waals surface area contributed by atoms with Gasteiger partial charge in [0.05, 0.1) is 11.0 Å². The van der Waals surface area contributed by atoms with E-state index in [0.29, 0.717) is 0 Å². The first-order valence-electron chi connectivity index (χ1n) is 5.97. The van der Waals surface area contributed by atoms with E-state index in [9.17, 15) is 4.79 Å². The van der Waals surface area contributed by atoms with Crippen LogP contribution in [0.4, 0.5) is 0 Å². The quantitative estimate of drug-likeness (QED) is 0.849. The fraction of sp³-hybridized carbons (Fsp3) is 0.462. The second kappa shape index (κ2) is 4.37. The Kier molecular flexibility index (Phi) is 3.07. The van der Waals surface area contributed by atoms with Crippen molar-refractivity contribution >= 4 is 11.0 Å². The number of nitrogens with one attached hydrogen (secondary N) is 1. The van der Waals surface area contributed by atoms with Gasteiger partial charge in [-0.3, -0.25) is 4.57 Å². The number of aromatic amines is 1. The topological polar surface area (TPSA) is 63.8 Å². The number of hydrogen-bond acceptors (Lipinski definition) is 2. The van der Waals surface area contributed by atoms with Crippen LogP contribution < -0.4 is 11.4 Å². The zero-order valence-corrected chi connectivity index (χ0v) is 10.5. The van der Waals surface area contributed by atoms with Crippen LogP contribution in [0.25, 0.3) is 11.0 Å². The lowest BCUT2D eigenvalue weighted by Crippen LogP contribution is -2.18. The van der Waals surface area contributed by atoms with Crippen LogP contribution in [0.3, 0.4) is 0 Å². The molecule has 4 nitrogen and oxygen atoms in total. The van der Waals surface area contributed by atoms with Crippen LogP contribution in [0.5, 0.6) is 0 Å². The smallest absolute Gasteiger partial charge is 0.326 e. The molecule has 0 radical (unpaired) electrons. The second-order valence-electron chi connectivity index (χ2n) is 4.93. The van der Waals surface area contributed by atoms with Gasteiger partial charge < -0.3 is 10.7 Å². The average molecular weight is 233 g/mol. The van der Waals surface area contributed by atoms with Crippen LogP contribution in [-0.4, -0.2) is 15.6 Å². The van der Waals surface area contributed by atoms with Crippen LogP contribution >= 0.6 is 0 Å². The van der Waals surface area contributed by atoms with Crippen LogP contribution in [0, 0.1) is 0 Å². The molecule has 1 atom stereocenters. The molecule has 0 amide bonds. The first-order valence-corrected chi connectivity index (χ1v) is 5.97. The van der Waals surface area contributed by atoms with Crippen molar-refractivity contribution in [3.05, 3.63) is 34.2 Å². The first-order chi connectivity index (χ1) is 7.99. The van der Waals surface area contributed by atoms with Crippen molar-refractivity contribution < 1.29 is 0 Å². The van der Waals surface area contributed by atoms with Gasteiger partial charge in [0.25, 0.3) is 0 Å². The second-order valence-corrected chi connectivity index (χ2v) is 4.93. The van der Waals surface area contributed by atoms with Gasteiger partial charge in [-0.05, 0) is 44.9 Å². The highest BCUT2D eigenvalue weighted by molar-refractivity contribution is 5.76. The maximum absolute atomic E-state index is 11.8. The third-order valence-corrected chi connectivity index (χ3v) is 2.85.